The maximum Gasteiger partial charge on any atom is 0.261 e. The monoisotopic (exact) mass is 230 g/mol. The van der Waals surface area contributed by atoms with Gasteiger partial charge in [-0.1, -0.05) is 6.07 Å². The first-order chi connectivity index (χ1) is 8.00. The smallest absolute Gasteiger partial charge is 0.261 e. The van der Waals surface area contributed by atoms with Gasteiger partial charge in [-0.15, -0.1) is 0 Å². The SMILES string of the molecule is CC1=CC(=O)N(c2cccc(N(C)C)c2)C1=O. The van der Waals surface area contributed by atoms with Crippen LogP contribution in [-0.4, -0.2) is 25.9 Å². The molecule has 2 amide bonds. The van der Waals surface area contributed by atoms with E-state index in [4.69, 9.17) is 0 Å². The molecule has 4 heteroatoms. The molecule has 0 radical (unpaired) electrons. The third-order valence-corrected chi connectivity index (χ3v) is 2.71. The Morgan fingerprint density at radius 1 is 1.18 bits per heavy atom. The molecule has 0 aromatic heterocycles. The third kappa shape index (κ3) is 1.93. The summed E-state index contributed by atoms with van der Waals surface area (Å²) in [4.78, 5) is 26.6. The fourth-order valence-electron chi connectivity index (χ4n) is 1.74. The van der Waals surface area contributed by atoms with Gasteiger partial charge in [-0.25, -0.2) is 4.90 Å². The Labute approximate surface area is 100 Å². The van der Waals surface area contributed by atoms with Crippen LogP contribution in [0.4, 0.5) is 11.4 Å². The molecule has 2 rings (SSSR count). The highest BCUT2D eigenvalue weighted by molar-refractivity contribution is 6.30. The van der Waals surface area contributed by atoms with Gasteiger partial charge in [-0.05, 0) is 25.1 Å². The number of nitrogens with zero attached hydrogens (tertiary/aromatic N) is 2. The summed E-state index contributed by atoms with van der Waals surface area (Å²) in [5.74, 6) is -0.519. The number of anilines is 2. The Morgan fingerprint density at radius 3 is 2.41 bits per heavy atom. The molecule has 0 aliphatic carbocycles. The molecule has 1 aliphatic rings. The number of imide groups is 1. The zero-order valence-electron chi connectivity index (χ0n) is 10.1. The van der Waals surface area contributed by atoms with E-state index in [1.807, 2.05) is 37.2 Å². The zero-order chi connectivity index (χ0) is 12.6. The molecule has 0 N–H and O–H groups in total. The molecule has 0 fully saturated rings. The minimum absolute atomic E-state index is 0.245. The standard InChI is InChI=1S/C13H14N2O2/c1-9-7-12(16)15(13(9)17)11-6-4-5-10(8-11)14(2)3/h4-8H,1-3H3. The second-order valence-corrected chi connectivity index (χ2v) is 4.22. The van der Waals surface area contributed by atoms with Crippen LogP contribution in [0.25, 0.3) is 0 Å². The molecule has 0 spiro atoms. The summed E-state index contributed by atoms with van der Waals surface area (Å²) in [5, 5.41) is 0. The molecule has 17 heavy (non-hydrogen) atoms. The average Bonchev–Trinajstić information content (AvgIpc) is 2.53. The van der Waals surface area contributed by atoms with E-state index in [1.165, 1.54) is 11.0 Å². The van der Waals surface area contributed by atoms with Gasteiger partial charge in [0.1, 0.15) is 0 Å². The minimum Gasteiger partial charge on any atom is -0.378 e. The number of carbonyl (C=O) groups is 2. The van der Waals surface area contributed by atoms with Crippen molar-refractivity contribution in [3.8, 4) is 0 Å². The van der Waals surface area contributed by atoms with Gasteiger partial charge in [-0.3, -0.25) is 9.59 Å². The topological polar surface area (TPSA) is 40.6 Å². The van der Waals surface area contributed by atoms with Gasteiger partial charge in [0.25, 0.3) is 11.8 Å². The fraction of sp³-hybridized carbons (Fsp3) is 0.231. The molecule has 0 unspecified atom stereocenters. The van der Waals surface area contributed by atoms with Gasteiger partial charge in [0.05, 0.1) is 5.69 Å². The number of hydrogen-bond donors (Lipinski definition) is 0. The summed E-state index contributed by atoms with van der Waals surface area (Å²) in [6, 6.07) is 7.34. The van der Waals surface area contributed by atoms with Crippen molar-refractivity contribution in [3.05, 3.63) is 35.9 Å². The highest BCUT2D eigenvalue weighted by atomic mass is 16.2. The van der Waals surface area contributed by atoms with E-state index in [0.717, 1.165) is 5.69 Å². The lowest BCUT2D eigenvalue weighted by Crippen LogP contribution is -2.30. The molecule has 0 atom stereocenters. The molecule has 1 aromatic rings. The fourth-order valence-corrected chi connectivity index (χ4v) is 1.74. The summed E-state index contributed by atoms with van der Waals surface area (Å²) in [5.41, 5.74) is 2.04. The van der Waals surface area contributed by atoms with Crippen LogP contribution in [0, 0.1) is 0 Å². The van der Waals surface area contributed by atoms with Crippen molar-refractivity contribution in [2.45, 2.75) is 6.92 Å². The van der Waals surface area contributed by atoms with Crippen molar-refractivity contribution in [1.29, 1.82) is 0 Å². The predicted molar refractivity (Wildman–Crippen MR) is 67.0 cm³/mol. The summed E-state index contributed by atoms with van der Waals surface area (Å²) in [6.45, 7) is 1.65. The van der Waals surface area contributed by atoms with Gasteiger partial charge in [-0.2, -0.15) is 0 Å². The van der Waals surface area contributed by atoms with Crippen molar-refractivity contribution in [2.75, 3.05) is 23.9 Å². The van der Waals surface area contributed by atoms with Crippen molar-refractivity contribution in [2.24, 2.45) is 0 Å². The lowest BCUT2D eigenvalue weighted by atomic mass is 10.2. The van der Waals surface area contributed by atoms with Crippen molar-refractivity contribution in [3.63, 3.8) is 0 Å². The molecule has 0 saturated carbocycles. The van der Waals surface area contributed by atoms with Crippen LogP contribution < -0.4 is 9.80 Å². The number of benzene rings is 1. The molecular weight excluding hydrogens is 216 g/mol. The minimum atomic E-state index is -0.275. The normalized spacial score (nSPS) is 15.2. The quantitative estimate of drug-likeness (QED) is 0.724. The van der Waals surface area contributed by atoms with Crippen LogP contribution in [0.15, 0.2) is 35.9 Å². The lowest BCUT2D eigenvalue weighted by molar-refractivity contribution is -0.120. The highest BCUT2D eigenvalue weighted by Crippen LogP contribution is 2.25. The Morgan fingerprint density at radius 2 is 1.88 bits per heavy atom. The van der Waals surface area contributed by atoms with E-state index in [-0.39, 0.29) is 11.8 Å². The van der Waals surface area contributed by atoms with Gasteiger partial charge in [0.2, 0.25) is 0 Å². The summed E-state index contributed by atoms with van der Waals surface area (Å²) >= 11 is 0. The maximum absolute atomic E-state index is 11.8. The number of carbonyl (C=O) groups excluding carboxylic acids is 2. The summed E-state index contributed by atoms with van der Waals surface area (Å²) in [7, 11) is 3.83. The van der Waals surface area contributed by atoms with Crippen molar-refractivity contribution >= 4 is 23.2 Å². The van der Waals surface area contributed by atoms with Gasteiger partial charge in [0.15, 0.2) is 0 Å². The Kier molecular flexibility index (Phi) is 2.71. The van der Waals surface area contributed by atoms with E-state index in [9.17, 15) is 9.59 Å². The molecule has 88 valence electrons. The molecule has 1 aliphatic heterocycles. The third-order valence-electron chi connectivity index (χ3n) is 2.71. The van der Waals surface area contributed by atoms with E-state index >= 15 is 0 Å². The van der Waals surface area contributed by atoms with E-state index in [2.05, 4.69) is 0 Å². The lowest BCUT2D eigenvalue weighted by Gasteiger charge is -2.18. The molecule has 0 bridgehead atoms. The second kappa shape index (κ2) is 4.05. The molecule has 1 heterocycles. The molecule has 0 saturated heterocycles. The van der Waals surface area contributed by atoms with Gasteiger partial charge in [0, 0.05) is 31.4 Å². The zero-order valence-corrected chi connectivity index (χ0v) is 10.1. The van der Waals surface area contributed by atoms with E-state index in [0.29, 0.717) is 11.3 Å². The van der Waals surface area contributed by atoms with Gasteiger partial charge < -0.3 is 4.90 Å². The first kappa shape index (κ1) is 11.4. The Balaban J connectivity index is 2.39. The summed E-state index contributed by atoms with van der Waals surface area (Å²) < 4.78 is 0. The van der Waals surface area contributed by atoms with E-state index < -0.39 is 0 Å². The predicted octanol–water partition coefficient (Wildman–Crippen LogP) is 1.57. The Bertz CT molecular complexity index is 518. The van der Waals surface area contributed by atoms with E-state index in [1.54, 1.807) is 13.0 Å². The Hall–Kier alpha value is -2.10. The van der Waals surface area contributed by atoms with Gasteiger partial charge >= 0.3 is 0 Å². The summed E-state index contributed by atoms with van der Waals surface area (Å²) in [6.07, 6.45) is 1.37. The largest absolute Gasteiger partial charge is 0.378 e. The molecule has 1 aromatic carbocycles. The van der Waals surface area contributed by atoms with Crippen LogP contribution in [-0.2, 0) is 9.59 Å². The highest BCUT2D eigenvalue weighted by Gasteiger charge is 2.29. The number of hydrogen-bond acceptors (Lipinski definition) is 3. The van der Waals surface area contributed by atoms with Crippen LogP contribution >= 0.6 is 0 Å². The van der Waals surface area contributed by atoms with Crippen LogP contribution in [0.1, 0.15) is 6.92 Å². The first-order valence-electron chi connectivity index (χ1n) is 5.35. The average molecular weight is 230 g/mol. The molecular formula is C13H14N2O2. The second-order valence-electron chi connectivity index (χ2n) is 4.22. The van der Waals surface area contributed by atoms with Crippen LogP contribution in [0.5, 0.6) is 0 Å². The van der Waals surface area contributed by atoms with Crippen molar-refractivity contribution in [1.82, 2.24) is 0 Å². The molecule has 4 nitrogen and oxygen atoms in total. The maximum atomic E-state index is 11.8. The first-order valence-corrected chi connectivity index (χ1v) is 5.35. The van der Waals surface area contributed by atoms with Crippen LogP contribution in [0.3, 0.4) is 0 Å². The number of amides is 2. The number of rotatable bonds is 2. The van der Waals surface area contributed by atoms with Crippen LogP contribution in [0.2, 0.25) is 0 Å². The van der Waals surface area contributed by atoms with Crippen molar-refractivity contribution < 1.29 is 9.59 Å².